The van der Waals surface area contributed by atoms with Crippen LogP contribution < -0.4 is 5.32 Å². The summed E-state index contributed by atoms with van der Waals surface area (Å²) in [5.74, 6) is 1.68. The van der Waals surface area contributed by atoms with Crippen LogP contribution in [0.5, 0.6) is 0 Å². The molecule has 1 N–H and O–H groups in total. The van der Waals surface area contributed by atoms with E-state index in [9.17, 15) is 9.59 Å². The van der Waals surface area contributed by atoms with Gasteiger partial charge in [-0.05, 0) is 43.7 Å². The summed E-state index contributed by atoms with van der Waals surface area (Å²) in [4.78, 5) is 23.1. The second-order valence-corrected chi connectivity index (χ2v) is 5.90. The van der Waals surface area contributed by atoms with Crippen molar-refractivity contribution >= 4 is 17.6 Å². The van der Waals surface area contributed by atoms with E-state index in [1.54, 1.807) is 24.3 Å². The topological polar surface area (TPSA) is 55.4 Å². The van der Waals surface area contributed by atoms with Crippen LogP contribution in [0, 0.1) is 17.8 Å². The summed E-state index contributed by atoms with van der Waals surface area (Å²) in [7, 11) is 0. The van der Waals surface area contributed by atoms with E-state index < -0.39 is 6.09 Å². The molecular formula is C17H19NO3. The Labute approximate surface area is 124 Å². The summed E-state index contributed by atoms with van der Waals surface area (Å²) in [6.45, 7) is 1.96. The summed E-state index contributed by atoms with van der Waals surface area (Å²) in [5.41, 5.74) is 1.16. The van der Waals surface area contributed by atoms with Crippen molar-refractivity contribution in [3.05, 3.63) is 42.0 Å². The van der Waals surface area contributed by atoms with E-state index in [2.05, 4.69) is 17.5 Å². The summed E-state index contributed by atoms with van der Waals surface area (Å²) < 4.78 is 5.31. The van der Waals surface area contributed by atoms with E-state index in [-0.39, 0.29) is 5.78 Å². The number of fused-ring (bicyclic) bond motifs is 2. The quantitative estimate of drug-likeness (QED) is 0.678. The van der Waals surface area contributed by atoms with Crippen molar-refractivity contribution in [2.75, 3.05) is 11.9 Å². The van der Waals surface area contributed by atoms with Crippen molar-refractivity contribution in [2.24, 2.45) is 17.8 Å². The number of hydrogen-bond acceptors (Lipinski definition) is 3. The van der Waals surface area contributed by atoms with Gasteiger partial charge in [-0.15, -0.1) is 0 Å². The maximum absolute atomic E-state index is 11.8. The van der Waals surface area contributed by atoms with Crippen LogP contribution in [0.15, 0.2) is 36.4 Å². The number of carbonyl (C=O) groups is 2. The van der Waals surface area contributed by atoms with Gasteiger partial charge in [0.2, 0.25) is 0 Å². The monoisotopic (exact) mass is 285 g/mol. The number of amides is 1. The number of Topliss-reactive ketones (excluding diaryl/α,β-unsaturated/α-hetero) is 1. The van der Waals surface area contributed by atoms with E-state index in [0.717, 1.165) is 6.42 Å². The van der Waals surface area contributed by atoms with Crippen molar-refractivity contribution in [2.45, 2.75) is 19.8 Å². The third-order valence-corrected chi connectivity index (χ3v) is 4.36. The first-order chi connectivity index (χ1) is 10.1. The molecule has 1 aromatic rings. The van der Waals surface area contributed by atoms with Crippen LogP contribution in [-0.4, -0.2) is 18.5 Å². The number of allylic oxidation sites excluding steroid dienone is 2. The number of carbonyl (C=O) groups excluding carboxylic acids is 2. The molecule has 2 aliphatic carbocycles. The lowest BCUT2D eigenvalue weighted by molar-refractivity contribution is 0.101. The molecule has 0 heterocycles. The fraction of sp³-hybridized carbons (Fsp3) is 0.412. The summed E-state index contributed by atoms with van der Waals surface area (Å²) >= 11 is 0. The Kier molecular flexibility index (Phi) is 3.78. The van der Waals surface area contributed by atoms with Crippen molar-refractivity contribution in [1.29, 1.82) is 0 Å². The van der Waals surface area contributed by atoms with E-state index in [0.29, 0.717) is 35.6 Å². The first kappa shape index (κ1) is 13.9. The zero-order valence-electron chi connectivity index (χ0n) is 12.0. The molecule has 1 amide bonds. The van der Waals surface area contributed by atoms with Gasteiger partial charge in [-0.3, -0.25) is 10.1 Å². The number of anilines is 1. The fourth-order valence-electron chi connectivity index (χ4n) is 3.24. The molecule has 0 radical (unpaired) electrons. The molecule has 4 heteroatoms. The Morgan fingerprint density at radius 2 is 2.14 bits per heavy atom. The van der Waals surface area contributed by atoms with Crippen molar-refractivity contribution in [1.82, 2.24) is 0 Å². The third kappa shape index (κ3) is 3.15. The smallest absolute Gasteiger partial charge is 0.411 e. The molecule has 1 fully saturated rings. The minimum Gasteiger partial charge on any atom is -0.449 e. The lowest BCUT2D eigenvalue weighted by atomic mass is 9.95. The molecule has 3 atom stereocenters. The van der Waals surface area contributed by atoms with E-state index in [1.807, 2.05) is 0 Å². The van der Waals surface area contributed by atoms with Gasteiger partial charge >= 0.3 is 6.09 Å². The van der Waals surface area contributed by atoms with E-state index in [4.69, 9.17) is 4.74 Å². The highest BCUT2D eigenvalue weighted by Gasteiger charge is 2.36. The largest absolute Gasteiger partial charge is 0.449 e. The molecule has 3 rings (SSSR count). The first-order valence-corrected chi connectivity index (χ1v) is 7.35. The lowest BCUT2D eigenvalue weighted by Crippen LogP contribution is -2.21. The van der Waals surface area contributed by atoms with Gasteiger partial charge in [-0.2, -0.15) is 0 Å². The highest BCUT2D eigenvalue weighted by atomic mass is 16.5. The molecule has 2 aliphatic rings. The first-order valence-electron chi connectivity index (χ1n) is 7.35. The zero-order chi connectivity index (χ0) is 14.8. The SMILES string of the molecule is CC(=O)c1cccc(NC(=O)OC[C@@H]2C[C@@H]3C=C[C@H]2C3)c1. The Hall–Kier alpha value is -2.10. The molecule has 21 heavy (non-hydrogen) atoms. The van der Waals surface area contributed by atoms with Gasteiger partial charge in [0, 0.05) is 17.2 Å². The number of hydrogen-bond donors (Lipinski definition) is 1. The second-order valence-electron chi connectivity index (χ2n) is 5.90. The van der Waals surface area contributed by atoms with Crippen LogP contribution >= 0.6 is 0 Å². The lowest BCUT2D eigenvalue weighted by Gasteiger charge is -2.17. The van der Waals surface area contributed by atoms with E-state index >= 15 is 0 Å². The normalized spacial score (nSPS) is 25.9. The molecule has 0 aliphatic heterocycles. The van der Waals surface area contributed by atoms with Crippen LogP contribution in [0.25, 0.3) is 0 Å². The Morgan fingerprint density at radius 1 is 1.29 bits per heavy atom. The van der Waals surface area contributed by atoms with Gasteiger partial charge in [0.1, 0.15) is 0 Å². The minimum absolute atomic E-state index is 0.0271. The number of ketones is 1. The van der Waals surface area contributed by atoms with Crippen LogP contribution in [0.2, 0.25) is 0 Å². The highest BCUT2D eigenvalue weighted by Crippen LogP contribution is 2.43. The van der Waals surface area contributed by atoms with Crippen molar-refractivity contribution < 1.29 is 14.3 Å². The van der Waals surface area contributed by atoms with Gasteiger partial charge in [-0.25, -0.2) is 4.79 Å². The van der Waals surface area contributed by atoms with Crippen molar-refractivity contribution in [3.63, 3.8) is 0 Å². The molecule has 0 saturated heterocycles. The van der Waals surface area contributed by atoms with Gasteiger partial charge < -0.3 is 4.74 Å². The predicted molar refractivity (Wildman–Crippen MR) is 80.3 cm³/mol. The van der Waals surface area contributed by atoms with Gasteiger partial charge in [0.25, 0.3) is 0 Å². The second kappa shape index (κ2) is 5.72. The molecule has 0 spiro atoms. The zero-order valence-corrected chi connectivity index (χ0v) is 12.0. The Balaban J connectivity index is 1.51. The summed E-state index contributed by atoms with van der Waals surface area (Å²) in [5, 5.41) is 2.67. The molecule has 0 aromatic heterocycles. The van der Waals surface area contributed by atoms with Crippen molar-refractivity contribution in [3.8, 4) is 0 Å². The third-order valence-electron chi connectivity index (χ3n) is 4.36. The van der Waals surface area contributed by atoms with Gasteiger partial charge in [-0.1, -0.05) is 24.3 Å². The van der Waals surface area contributed by atoms with Crippen LogP contribution in [0.4, 0.5) is 10.5 Å². The summed E-state index contributed by atoms with van der Waals surface area (Å²) in [6.07, 6.45) is 6.39. The molecular weight excluding hydrogens is 266 g/mol. The average molecular weight is 285 g/mol. The fourth-order valence-corrected chi connectivity index (χ4v) is 3.24. The number of rotatable bonds is 4. The maximum Gasteiger partial charge on any atom is 0.411 e. The van der Waals surface area contributed by atoms with Gasteiger partial charge in [0.15, 0.2) is 5.78 Å². The predicted octanol–water partition coefficient (Wildman–Crippen LogP) is 3.65. The van der Waals surface area contributed by atoms with E-state index in [1.165, 1.54) is 13.3 Å². The van der Waals surface area contributed by atoms with Crippen LogP contribution in [0.3, 0.4) is 0 Å². The molecule has 0 unspecified atom stereocenters. The molecule has 2 bridgehead atoms. The average Bonchev–Trinajstić information content (AvgIpc) is 3.08. The maximum atomic E-state index is 11.8. The standard InChI is InChI=1S/C17H19NO3/c1-11(19)13-3-2-4-16(9-13)18-17(20)21-10-15-8-12-5-6-14(15)7-12/h2-6,9,12,14-15H,7-8,10H2,1H3,(H,18,20)/t12-,14+,15+/m1/s1. The number of benzene rings is 1. The molecule has 4 nitrogen and oxygen atoms in total. The van der Waals surface area contributed by atoms with Crippen LogP contribution in [0.1, 0.15) is 30.1 Å². The van der Waals surface area contributed by atoms with Gasteiger partial charge in [0.05, 0.1) is 6.61 Å². The number of ether oxygens (including phenoxy) is 1. The Bertz CT molecular complexity index is 593. The molecule has 1 saturated carbocycles. The number of nitrogens with one attached hydrogen (secondary N) is 1. The summed E-state index contributed by atoms with van der Waals surface area (Å²) in [6, 6.07) is 6.87. The molecule has 110 valence electrons. The van der Waals surface area contributed by atoms with Crippen LogP contribution in [-0.2, 0) is 4.74 Å². The highest BCUT2D eigenvalue weighted by molar-refractivity contribution is 5.96. The Morgan fingerprint density at radius 3 is 2.81 bits per heavy atom. The molecule has 1 aromatic carbocycles. The minimum atomic E-state index is -0.456.